The lowest BCUT2D eigenvalue weighted by Crippen LogP contribution is -2.12. The fourth-order valence-electron chi connectivity index (χ4n) is 2.11. The van der Waals surface area contributed by atoms with Crippen LogP contribution in [0.5, 0.6) is 0 Å². The number of hydrogen-bond acceptors (Lipinski definition) is 2. The van der Waals surface area contributed by atoms with Crippen LogP contribution in [0.15, 0.2) is 0 Å². The van der Waals surface area contributed by atoms with Crippen LogP contribution in [-0.4, -0.2) is 15.0 Å². The standard InChI is InChI=1S/C11H18ClN3/c1-3-9(4-2)15-11(8-5-6-8)10(7-12)13-14-15/h8-9H,3-7H2,1-2H3. The van der Waals surface area contributed by atoms with E-state index in [-0.39, 0.29) is 0 Å². The average Bonchev–Trinajstić information content (AvgIpc) is 3.01. The van der Waals surface area contributed by atoms with Crippen LogP contribution in [0.25, 0.3) is 0 Å². The first-order valence-corrected chi connectivity index (χ1v) is 6.35. The quantitative estimate of drug-likeness (QED) is 0.723. The molecule has 1 aromatic heterocycles. The molecule has 0 radical (unpaired) electrons. The molecular formula is C11H18ClN3. The van der Waals surface area contributed by atoms with Gasteiger partial charge in [-0.25, -0.2) is 4.68 Å². The van der Waals surface area contributed by atoms with Crippen LogP contribution in [0.2, 0.25) is 0 Å². The van der Waals surface area contributed by atoms with E-state index in [1.807, 2.05) is 0 Å². The van der Waals surface area contributed by atoms with Crippen LogP contribution in [-0.2, 0) is 5.88 Å². The third kappa shape index (κ3) is 2.03. The van der Waals surface area contributed by atoms with Crippen LogP contribution < -0.4 is 0 Å². The Kier molecular flexibility index (Phi) is 3.29. The Balaban J connectivity index is 2.32. The van der Waals surface area contributed by atoms with E-state index >= 15 is 0 Å². The summed E-state index contributed by atoms with van der Waals surface area (Å²) >= 11 is 5.89. The molecule has 0 aliphatic heterocycles. The number of rotatable bonds is 5. The SMILES string of the molecule is CCC(CC)n1nnc(CCl)c1C1CC1. The first-order chi connectivity index (χ1) is 7.31. The van der Waals surface area contributed by atoms with Crippen molar-refractivity contribution in [1.29, 1.82) is 0 Å². The molecule has 1 heterocycles. The van der Waals surface area contributed by atoms with Crippen LogP contribution in [0.1, 0.15) is 62.9 Å². The first kappa shape index (κ1) is 10.9. The van der Waals surface area contributed by atoms with Gasteiger partial charge in [0.25, 0.3) is 0 Å². The normalized spacial score (nSPS) is 16.3. The van der Waals surface area contributed by atoms with Crippen molar-refractivity contribution in [2.24, 2.45) is 0 Å². The molecule has 2 rings (SSSR count). The highest BCUT2D eigenvalue weighted by Gasteiger charge is 2.32. The van der Waals surface area contributed by atoms with E-state index in [9.17, 15) is 0 Å². The number of hydrogen-bond donors (Lipinski definition) is 0. The van der Waals surface area contributed by atoms with Gasteiger partial charge in [-0.05, 0) is 25.7 Å². The number of aromatic nitrogens is 3. The molecular weight excluding hydrogens is 210 g/mol. The molecule has 0 amide bonds. The first-order valence-electron chi connectivity index (χ1n) is 5.81. The molecule has 0 bridgehead atoms. The lowest BCUT2D eigenvalue weighted by atomic mass is 10.1. The Morgan fingerprint density at radius 1 is 1.40 bits per heavy atom. The third-order valence-electron chi connectivity index (χ3n) is 3.18. The van der Waals surface area contributed by atoms with E-state index in [4.69, 9.17) is 11.6 Å². The van der Waals surface area contributed by atoms with Crippen molar-refractivity contribution in [3.63, 3.8) is 0 Å². The molecule has 1 aromatic rings. The summed E-state index contributed by atoms with van der Waals surface area (Å²) in [5.41, 5.74) is 2.30. The van der Waals surface area contributed by atoms with E-state index in [0.29, 0.717) is 17.8 Å². The number of alkyl halides is 1. The molecule has 84 valence electrons. The van der Waals surface area contributed by atoms with E-state index < -0.39 is 0 Å². The second-order valence-electron chi connectivity index (χ2n) is 4.24. The van der Waals surface area contributed by atoms with Crippen molar-refractivity contribution >= 4 is 11.6 Å². The van der Waals surface area contributed by atoms with Crippen molar-refractivity contribution < 1.29 is 0 Å². The third-order valence-corrected chi connectivity index (χ3v) is 3.44. The molecule has 1 aliphatic carbocycles. The van der Waals surface area contributed by atoms with Crippen molar-refractivity contribution in [3.8, 4) is 0 Å². The van der Waals surface area contributed by atoms with Crippen molar-refractivity contribution in [2.45, 2.75) is 57.4 Å². The lowest BCUT2D eigenvalue weighted by molar-refractivity contribution is 0.405. The monoisotopic (exact) mass is 227 g/mol. The largest absolute Gasteiger partial charge is 0.246 e. The maximum absolute atomic E-state index is 5.89. The second kappa shape index (κ2) is 4.52. The summed E-state index contributed by atoms with van der Waals surface area (Å²) in [6, 6.07) is 0.491. The van der Waals surface area contributed by atoms with Crippen LogP contribution in [0.4, 0.5) is 0 Å². The average molecular weight is 228 g/mol. The highest BCUT2D eigenvalue weighted by Crippen LogP contribution is 2.42. The van der Waals surface area contributed by atoms with Crippen LogP contribution in [0.3, 0.4) is 0 Å². The molecule has 0 unspecified atom stereocenters. The summed E-state index contributed by atoms with van der Waals surface area (Å²) in [5, 5.41) is 8.47. The summed E-state index contributed by atoms with van der Waals surface area (Å²) < 4.78 is 2.12. The zero-order valence-corrected chi connectivity index (χ0v) is 10.2. The lowest BCUT2D eigenvalue weighted by Gasteiger charge is -2.15. The highest BCUT2D eigenvalue weighted by molar-refractivity contribution is 6.16. The Labute approximate surface area is 95.8 Å². The number of halogens is 1. The maximum Gasteiger partial charge on any atom is 0.101 e. The molecule has 0 saturated heterocycles. The minimum Gasteiger partial charge on any atom is -0.246 e. The maximum atomic E-state index is 5.89. The summed E-state index contributed by atoms with van der Waals surface area (Å²) in [6.07, 6.45) is 4.78. The molecule has 0 spiro atoms. The minimum absolute atomic E-state index is 0.491. The van der Waals surface area contributed by atoms with Gasteiger partial charge in [0.15, 0.2) is 0 Å². The van der Waals surface area contributed by atoms with Gasteiger partial charge in [0.2, 0.25) is 0 Å². The highest BCUT2D eigenvalue weighted by atomic mass is 35.5. The van der Waals surface area contributed by atoms with Gasteiger partial charge in [0, 0.05) is 5.92 Å². The van der Waals surface area contributed by atoms with Gasteiger partial charge >= 0.3 is 0 Å². The fraction of sp³-hybridized carbons (Fsp3) is 0.818. The summed E-state index contributed by atoms with van der Waals surface area (Å²) in [7, 11) is 0. The molecule has 1 saturated carbocycles. The topological polar surface area (TPSA) is 30.7 Å². The smallest absolute Gasteiger partial charge is 0.101 e. The molecule has 15 heavy (non-hydrogen) atoms. The minimum atomic E-state index is 0.491. The molecule has 0 N–H and O–H groups in total. The fourth-order valence-corrected chi connectivity index (χ4v) is 2.30. The Morgan fingerprint density at radius 3 is 2.53 bits per heavy atom. The van der Waals surface area contributed by atoms with Crippen molar-refractivity contribution in [1.82, 2.24) is 15.0 Å². The molecule has 3 nitrogen and oxygen atoms in total. The van der Waals surface area contributed by atoms with Crippen molar-refractivity contribution in [2.75, 3.05) is 0 Å². The molecule has 0 aromatic carbocycles. The number of nitrogens with zero attached hydrogens (tertiary/aromatic N) is 3. The predicted molar refractivity (Wildman–Crippen MR) is 61.2 cm³/mol. The molecule has 1 fully saturated rings. The molecule has 1 aliphatic rings. The Bertz CT molecular complexity index is 327. The predicted octanol–water partition coefficient (Wildman–Crippen LogP) is 3.26. The van der Waals surface area contributed by atoms with Gasteiger partial charge < -0.3 is 0 Å². The Hall–Kier alpha value is -0.570. The molecule has 4 heteroatoms. The summed E-state index contributed by atoms with van der Waals surface area (Å²) in [4.78, 5) is 0. The summed E-state index contributed by atoms with van der Waals surface area (Å²) in [6.45, 7) is 4.40. The van der Waals surface area contributed by atoms with Gasteiger partial charge in [-0.1, -0.05) is 19.1 Å². The Morgan fingerprint density at radius 2 is 2.07 bits per heavy atom. The van der Waals surface area contributed by atoms with Crippen LogP contribution in [0, 0.1) is 0 Å². The van der Waals surface area contributed by atoms with E-state index in [2.05, 4.69) is 28.8 Å². The zero-order valence-electron chi connectivity index (χ0n) is 9.41. The van der Waals surface area contributed by atoms with Crippen molar-refractivity contribution in [3.05, 3.63) is 11.4 Å². The zero-order chi connectivity index (χ0) is 10.8. The van der Waals surface area contributed by atoms with Gasteiger partial charge in [0.1, 0.15) is 5.69 Å². The van der Waals surface area contributed by atoms with E-state index in [1.54, 1.807) is 0 Å². The van der Waals surface area contributed by atoms with Gasteiger partial charge in [-0.2, -0.15) is 0 Å². The van der Waals surface area contributed by atoms with Gasteiger partial charge in [-0.3, -0.25) is 0 Å². The van der Waals surface area contributed by atoms with Gasteiger partial charge in [-0.15, -0.1) is 16.7 Å². The van der Waals surface area contributed by atoms with Gasteiger partial charge in [0.05, 0.1) is 17.6 Å². The molecule has 0 atom stereocenters. The van der Waals surface area contributed by atoms with Crippen LogP contribution >= 0.6 is 11.6 Å². The van der Waals surface area contributed by atoms with E-state index in [1.165, 1.54) is 18.5 Å². The second-order valence-corrected chi connectivity index (χ2v) is 4.51. The summed E-state index contributed by atoms with van der Waals surface area (Å²) in [5.74, 6) is 1.17. The van der Waals surface area contributed by atoms with E-state index in [0.717, 1.165) is 18.5 Å².